The smallest absolute Gasteiger partial charge is 0.291 e. The van der Waals surface area contributed by atoms with Crippen LogP contribution >= 0.6 is 0 Å². The quantitative estimate of drug-likeness (QED) is 0.735. The molecule has 1 saturated heterocycles. The molecule has 8 nitrogen and oxygen atoms in total. The molecule has 0 aliphatic carbocycles. The Morgan fingerprint density at radius 1 is 1.10 bits per heavy atom. The number of benzene rings is 1. The van der Waals surface area contributed by atoms with E-state index in [1.165, 1.54) is 6.26 Å². The molecule has 1 aliphatic heterocycles. The minimum Gasteiger partial charge on any atom is -0.459 e. The van der Waals surface area contributed by atoms with E-state index in [9.17, 15) is 9.59 Å². The summed E-state index contributed by atoms with van der Waals surface area (Å²) in [6.45, 7) is 4.46. The van der Waals surface area contributed by atoms with Gasteiger partial charge in [0.05, 0.1) is 12.5 Å². The normalized spacial score (nSPS) is 14.0. The van der Waals surface area contributed by atoms with Crippen LogP contribution in [0.3, 0.4) is 0 Å². The average Bonchev–Trinajstić information content (AvgIpc) is 3.31. The highest BCUT2D eigenvalue weighted by atomic mass is 16.3. The van der Waals surface area contributed by atoms with Crippen LogP contribution in [0.4, 0.5) is 11.5 Å². The molecule has 0 radical (unpaired) electrons. The predicted molar refractivity (Wildman–Crippen MR) is 108 cm³/mol. The molecular weight excluding hydrogens is 370 g/mol. The number of nitrogens with zero attached hydrogens (tertiary/aromatic N) is 4. The average molecular weight is 391 g/mol. The lowest BCUT2D eigenvalue weighted by Gasteiger charge is -2.35. The number of hydrogen-bond acceptors (Lipinski definition) is 6. The lowest BCUT2D eigenvalue weighted by Crippen LogP contribution is -2.49. The maximum atomic E-state index is 13.0. The first-order valence-corrected chi connectivity index (χ1v) is 9.37. The van der Waals surface area contributed by atoms with Gasteiger partial charge in [-0.2, -0.15) is 0 Å². The van der Waals surface area contributed by atoms with Crippen molar-refractivity contribution in [1.82, 2.24) is 14.9 Å². The molecule has 3 aromatic rings. The summed E-state index contributed by atoms with van der Waals surface area (Å²) >= 11 is 0. The number of piperazine rings is 1. The summed E-state index contributed by atoms with van der Waals surface area (Å²) < 4.78 is 5.13. The van der Waals surface area contributed by atoms with E-state index >= 15 is 0 Å². The summed E-state index contributed by atoms with van der Waals surface area (Å²) in [5.41, 5.74) is 2.00. The Labute approximate surface area is 168 Å². The van der Waals surface area contributed by atoms with Gasteiger partial charge in [0.25, 0.3) is 11.8 Å². The predicted octanol–water partition coefficient (Wildman–Crippen LogP) is 2.59. The van der Waals surface area contributed by atoms with Crippen molar-refractivity contribution in [2.75, 3.05) is 36.4 Å². The van der Waals surface area contributed by atoms with Crippen molar-refractivity contribution in [2.24, 2.45) is 0 Å². The summed E-state index contributed by atoms with van der Waals surface area (Å²) in [4.78, 5) is 37.6. The van der Waals surface area contributed by atoms with Crippen molar-refractivity contribution in [3.8, 4) is 0 Å². The van der Waals surface area contributed by atoms with Crippen LogP contribution in [-0.2, 0) is 0 Å². The maximum absolute atomic E-state index is 13.0. The lowest BCUT2D eigenvalue weighted by atomic mass is 10.1. The standard InChI is InChI=1S/C21H21N5O3/c1-15-4-5-16(13-17(15)24-20(27)18-3-2-12-29-18)21(28)26-10-8-25(9-11-26)19-14-22-6-7-23-19/h2-7,12-14H,8-11H2,1H3,(H,24,27). The minimum absolute atomic E-state index is 0.0581. The molecule has 1 fully saturated rings. The SMILES string of the molecule is Cc1ccc(C(=O)N2CCN(c3cnccn3)CC2)cc1NC(=O)c1ccco1. The number of furan rings is 1. The van der Waals surface area contributed by atoms with Crippen LogP contribution in [0.15, 0.2) is 59.6 Å². The van der Waals surface area contributed by atoms with Gasteiger partial charge in [0.2, 0.25) is 0 Å². The van der Waals surface area contributed by atoms with Gasteiger partial charge in [-0.25, -0.2) is 4.98 Å². The highest BCUT2D eigenvalue weighted by Crippen LogP contribution is 2.20. The van der Waals surface area contributed by atoms with E-state index in [2.05, 4.69) is 20.2 Å². The number of hydrogen-bond donors (Lipinski definition) is 1. The molecule has 3 heterocycles. The number of nitrogens with one attached hydrogen (secondary N) is 1. The van der Waals surface area contributed by atoms with Crippen molar-refractivity contribution in [2.45, 2.75) is 6.92 Å². The molecule has 0 saturated carbocycles. The summed E-state index contributed by atoms with van der Waals surface area (Å²) in [7, 11) is 0. The highest BCUT2D eigenvalue weighted by molar-refractivity contribution is 6.04. The Morgan fingerprint density at radius 3 is 2.62 bits per heavy atom. The number of aromatic nitrogens is 2. The fourth-order valence-electron chi connectivity index (χ4n) is 3.26. The first-order valence-electron chi connectivity index (χ1n) is 9.37. The summed E-state index contributed by atoms with van der Waals surface area (Å²) in [6.07, 6.45) is 6.48. The van der Waals surface area contributed by atoms with E-state index in [1.54, 1.807) is 42.9 Å². The van der Waals surface area contributed by atoms with Crippen LogP contribution in [0.5, 0.6) is 0 Å². The molecule has 1 aliphatic rings. The fraction of sp³-hybridized carbons (Fsp3) is 0.238. The first-order chi connectivity index (χ1) is 14.1. The number of amides is 2. The Morgan fingerprint density at radius 2 is 1.93 bits per heavy atom. The van der Waals surface area contributed by atoms with Gasteiger partial charge >= 0.3 is 0 Å². The summed E-state index contributed by atoms with van der Waals surface area (Å²) in [5, 5.41) is 2.81. The molecule has 148 valence electrons. The zero-order valence-corrected chi connectivity index (χ0v) is 16.0. The second-order valence-electron chi connectivity index (χ2n) is 6.80. The van der Waals surface area contributed by atoms with Crippen LogP contribution in [0, 0.1) is 6.92 Å². The first kappa shape index (κ1) is 18.7. The molecule has 8 heteroatoms. The molecule has 29 heavy (non-hydrogen) atoms. The molecule has 4 rings (SSSR count). The number of carbonyl (C=O) groups excluding carboxylic acids is 2. The number of rotatable bonds is 4. The maximum Gasteiger partial charge on any atom is 0.291 e. The minimum atomic E-state index is -0.347. The zero-order valence-electron chi connectivity index (χ0n) is 16.0. The van der Waals surface area contributed by atoms with Crippen molar-refractivity contribution in [3.05, 3.63) is 72.1 Å². The number of anilines is 2. The Hall–Kier alpha value is -3.68. The lowest BCUT2D eigenvalue weighted by molar-refractivity contribution is 0.0746. The zero-order chi connectivity index (χ0) is 20.2. The fourth-order valence-corrected chi connectivity index (χ4v) is 3.26. The van der Waals surface area contributed by atoms with E-state index in [1.807, 2.05) is 17.9 Å². The van der Waals surface area contributed by atoms with Gasteiger partial charge in [-0.3, -0.25) is 14.6 Å². The molecule has 0 atom stereocenters. The molecule has 1 aromatic carbocycles. The topological polar surface area (TPSA) is 91.6 Å². The van der Waals surface area contributed by atoms with E-state index in [0.717, 1.165) is 11.4 Å². The van der Waals surface area contributed by atoms with E-state index in [4.69, 9.17) is 4.42 Å². The van der Waals surface area contributed by atoms with Gasteiger partial charge in [-0.1, -0.05) is 6.07 Å². The van der Waals surface area contributed by atoms with Crippen LogP contribution < -0.4 is 10.2 Å². The molecule has 0 spiro atoms. The van der Waals surface area contributed by atoms with Crippen molar-refractivity contribution < 1.29 is 14.0 Å². The number of carbonyl (C=O) groups is 2. The van der Waals surface area contributed by atoms with Gasteiger partial charge in [0.15, 0.2) is 5.76 Å². The van der Waals surface area contributed by atoms with Gasteiger partial charge < -0.3 is 19.5 Å². The van der Waals surface area contributed by atoms with Crippen LogP contribution in [0.2, 0.25) is 0 Å². The monoisotopic (exact) mass is 391 g/mol. The van der Waals surface area contributed by atoms with Crippen LogP contribution in [0.1, 0.15) is 26.5 Å². The summed E-state index contributed by atoms with van der Waals surface area (Å²) in [5.74, 6) is 0.636. The van der Waals surface area contributed by atoms with Crippen LogP contribution in [-0.4, -0.2) is 52.9 Å². The Bertz CT molecular complexity index is 996. The van der Waals surface area contributed by atoms with Crippen molar-refractivity contribution >= 4 is 23.3 Å². The van der Waals surface area contributed by atoms with E-state index in [-0.39, 0.29) is 17.6 Å². The van der Waals surface area contributed by atoms with Gasteiger partial charge in [0.1, 0.15) is 5.82 Å². The van der Waals surface area contributed by atoms with Gasteiger partial charge in [-0.15, -0.1) is 0 Å². The third-order valence-corrected chi connectivity index (χ3v) is 4.92. The number of aryl methyl sites for hydroxylation is 1. The Kier molecular flexibility index (Phi) is 5.24. The molecular formula is C21H21N5O3. The van der Waals surface area contributed by atoms with Gasteiger partial charge in [-0.05, 0) is 36.8 Å². The molecule has 2 amide bonds. The molecule has 1 N–H and O–H groups in total. The third-order valence-electron chi connectivity index (χ3n) is 4.92. The molecule has 0 bridgehead atoms. The van der Waals surface area contributed by atoms with Crippen molar-refractivity contribution in [1.29, 1.82) is 0 Å². The summed E-state index contributed by atoms with van der Waals surface area (Å²) in [6, 6.07) is 8.59. The second-order valence-corrected chi connectivity index (χ2v) is 6.80. The Balaban J connectivity index is 1.43. The van der Waals surface area contributed by atoms with Crippen LogP contribution in [0.25, 0.3) is 0 Å². The van der Waals surface area contributed by atoms with Crippen molar-refractivity contribution in [3.63, 3.8) is 0 Å². The molecule has 2 aromatic heterocycles. The molecule has 0 unspecified atom stereocenters. The highest BCUT2D eigenvalue weighted by Gasteiger charge is 2.23. The van der Waals surface area contributed by atoms with E-state index < -0.39 is 0 Å². The third kappa shape index (κ3) is 4.11. The largest absolute Gasteiger partial charge is 0.459 e. The van der Waals surface area contributed by atoms with E-state index in [0.29, 0.717) is 37.4 Å². The second kappa shape index (κ2) is 8.14. The van der Waals surface area contributed by atoms with Gasteiger partial charge in [0, 0.05) is 49.8 Å².